The average Bonchev–Trinajstić information content (AvgIpc) is 2.92. The fourth-order valence-corrected chi connectivity index (χ4v) is 5.62. The summed E-state index contributed by atoms with van der Waals surface area (Å²) >= 11 is 0. The highest BCUT2D eigenvalue weighted by Crippen LogP contribution is 2.26. The van der Waals surface area contributed by atoms with Gasteiger partial charge in [-0.2, -0.15) is 0 Å². The molecule has 1 unspecified atom stereocenters. The zero-order valence-corrected chi connectivity index (χ0v) is 21.8. The minimum absolute atomic E-state index is 0.0943. The average molecular weight is 545 g/mol. The highest BCUT2D eigenvalue weighted by molar-refractivity contribution is 7.91. The Morgan fingerprint density at radius 2 is 1.38 bits per heavy atom. The van der Waals surface area contributed by atoms with Crippen LogP contribution < -0.4 is 15.4 Å². The molecule has 39 heavy (non-hydrogen) atoms. The van der Waals surface area contributed by atoms with Gasteiger partial charge in [-0.05, 0) is 59.7 Å². The molecule has 0 radical (unpaired) electrons. The number of carbonyl (C=O) groups is 2. The number of carboxylic acid groups (broad SMARTS) is 1. The maximum absolute atomic E-state index is 13.1. The molecule has 4 aromatic rings. The molecule has 0 fully saturated rings. The molecule has 4 aromatic carbocycles. The Hall–Kier alpha value is -4.63. The molecule has 4 rings (SSSR count). The summed E-state index contributed by atoms with van der Waals surface area (Å²) < 4.78 is 31.9. The van der Waals surface area contributed by atoms with Crippen molar-refractivity contribution in [1.82, 2.24) is 0 Å². The van der Waals surface area contributed by atoms with Crippen LogP contribution in [0.3, 0.4) is 0 Å². The third-order valence-corrected chi connectivity index (χ3v) is 7.75. The Kier molecular flexibility index (Phi) is 8.96. The number of anilines is 2. The van der Waals surface area contributed by atoms with Gasteiger partial charge in [-0.1, -0.05) is 60.7 Å². The van der Waals surface area contributed by atoms with Crippen molar-refractivity contribution in [2.75, 3.05) is 16.4 Å². The smallest absolute Gasteiger partial charge is 0.323 e. The van der Waals surface area contributed by atoms with Crippen LogP contribution in [0.15, 0.2) is 114 Å². The Morgan fingerprint density at radius 1 is 0.769 bits per heavy atom. The molecule has 0 aliphatic carbocycles. The van der Waals surface area contributed by atoms with Gasteiger partial charge in [0.2, 0.25) is 0 Å². The van der Waals surface area contributed by atoms with Crippen LogP contribution in [0.25, 0.3) is 0 Å². The molecular formula is C30H28N2O6S. The largest absolute Gasteiger partial charge is 0.489 e. The van der Waals surface area contributed by atoms with Crippen molar-refractivity contribution in [3.63, 3.8) is 0 Å². The lowest BCUT2D eigenvalue weighted by Crippen LogP contribution is -2.19. The molecule has 0 aliphatic rings. The van der Waals surface area contributed by atoms with Crippen molar-refractivity contribution >= 4 is 33.2 Å². The predicted octanol–water partition coefficient (Wildman–Crippen LogP) is 5.94. The van der Waals surface area contributed by atoms with Crippen molar-refractivity contribution in [3.8, 4) is 5.75 Å². The van der Waals surface area contributed by atoms with Crippen molar-refractivity contribution in [2.45, 2.75) is 23.8 Å². The number of nitrogens with one attached hydrogen (secondary N) is 2. The molecule has 0 bridgehead atoms. The van der Waals surface area contributed by atoms with Gasteiger partial charge in [-0.3, -0.25) is 4.79 Å². The quantitative estimate of drug-likeness (QED) is 0.215. The van der Waals surface area contributed by atoms with E-state index in [2.05, 4.69) is 10.6 Å². The Balaban J connectivity index is 1.35. The minimum atomic E-state index is -3.74. The van der Waals surface area contributed by atoms with Gasteiger partial charge >= 0.3 is 12.0 Å². The van der Waals surface area contributed by atoms with Gasteiger partial charge in [-0.25, -0.2) is 13.2 Å². The van der Waals surface area contributed by atoms with E-state index in [9.17, 15) is 23.1 Å². The highest BCUT2D eigenvalue weighted by Gasteiger charge is 2.25. The van der Waals surface area contributed by atoms with E-state index in [1.165, 1.54) is 12.1 Å². The number of sulfone groups is 1. The number of aliphatic carboxylic acids is 1. The maximum Gasteiger partial charge on any atom is 0.323 e. The predicted molar refractivity (Wildman–Crippen MR) is 150 cm³/mol. The molecule has 0 heterocycles. The van der Waals surface area contributed by atoms with E-state index in [0.29, 0.717) is 22.7 Å². The standard InChI is InChI=1S/C30H28N2O6S/c33-29(34)19-24(23-9-3-1-4-10-23)21-39(36,37)28-16-14-27(15-17-28)38-20-22-8-7-13-26(18-22)32-30(35)31-25-11-5-2-6-12-25/h1-18,24H,19-21H2,(H,33,34)(H2,31,32,35). The van der Waals surface area contributed by atoms with Crippen LogP contribution in [0.1, 0.15) is 23.5 Å². The molecule has 0 saturated heterocycles. The van der Waals surface area contributed by atoms with E-state index in [-0.39, 0.29) is 29.7 Å². The van der Waals surface area contributed by atoms with Crippen LogP contribution in [0.4, 0.5) is 16.2 Å². The van der Waals surface area contributed by atoms with Gasteiger partial charge in [-0.15, -0.1) is 0 Å². The van der Waals surface area contributed by atoms with Crippen molar-refractivity contribution in [2.24, 2.45) is 0 Å². The van der Waals surface area contributed by atoms with E-state index < -0.39 is 21.7 Å². The highest BCUT2D eigenvalue weighted by atomic mass is 32.2. The molecule has 0 saturated carbocycles. The van der Waals surface area contributed by atoms with Gasteiger partial charge in [0.25, 0.3) is 0 Å². The number of benzene rings is 4. The van der Waals surface area contributed by atoms with Crippen LogP contribution in [0.2, 0.25) is 0 Å². The molecule has 0 spiro atoms. The summed E-state index contributed by atoms with van der Waals surface area (Å²) in [4.78, 5) is 23.7. The molecule has 1 atom stereocenters. The van der Waals surface area contributed by atoms with Gasteiger partial charge < -0.3 is 20.5 Å². The fraction of sp³-hybridized carbons (Fsp3) is 0.133. The lowest BCUT2D eigenvalue weighted by molar-refractivity contribution is -0.137. The number of hydrogen-bond acceptors (Lipinski definition) is 5. The maximum atomic E-state index is 13.1. The number of rotatable bonds is 11. The Bertz CT molecular complexity index is 1510. The molecular weight excluding hydrogens is 516 g/mol. The number of urea groups is 1. The molecule has 0 aliphatic heterocycles. The van der Waals surface area contributed by atoms with Crippen LogP contribution in [-0.4, -0.2) is 31.3 Å². The van der Waals surface area contributed by atoms with Crippen molar-refractivity contribution in [1.29, 1.82) is 0 Å². The SMILES string of the molecule is O=C(O)CC(CS(=O)(=O)c1ccc(OCc2cccc(NC(=O)Nc3ccccc3)c2)cc1)c1ccccc1. The summed E-state index contributed by atoms with van der Waals surface area (Å²) in [5.74, 6) is -1.57. The summed E-state index contributed by atoms with van der Waals surface area (Å²) in [7, 11) is -3.74. The first-order chi connectivity index (χ1) is 18.8. The third kappa shape index (κ3) is 8.18. The second kappa shape index (κ2) is 12.7. The van der Waals surface area contributed by atoms with E-state index in [1.807, 2.05) is 24.3 Å². The van der Waals surface area contributed by atoms with Crippen LogP contribution >= 0.6 is 0 Å². The van der Waals surface area contributed by atoms with Crippen molar-refractivity contribution in [3.05, 3.63) is 120 Å². The Morgan fingerprint density at radius 3 is 2.05 bits per heavy atom. The van der Waals surface area contributed by atoms with E-state index in [1.54, 1.807) is 72.8 Å². The van der Waals surface area contributed by atoms with Gasteiger partial charge in [0.15, 0.2) is 9.84 Å². The molecule has 200 valence electrons. The van der Waals surface area contributed by atoms with E-state index in [4.69, 9.17) is 4.74 Å². The van der Waals surface area contributed by atoms with Crippen LogP contribution in [0, 0.1) is 0 Å². The first kappa shape index (κ1) is 27.4. The van der Waals surface area contributed by atoms with E-state index in [0.717, 1.165) is 5.56 Å². The number of amides is 2. The zero-order chi connectivity index (χ0) is 27.7. The van der Waals surface area contributed by atoms with Gasteiger partial charge in [0.05, 0.1) is 17.1 Å². The first-order valence-corrected chi connectivity index (χ1v) is 13.9. The Labute approximate surface area is 227 Å². The summed E-state index contributed by atoms with van der Waals surface area (Å²) in [6.45, 7) is 0.205. The monoisotopic (exact) mass is 544 g/mol. The summed E-state index contributed by atoms with van der Waals surface area (Å²) in [5, 5.41) is 14.8. The molecule has 9 heteroatoms. The summed E-state index contributed by atoms with van der Waals surface area (Å²) in [5.41, 5.74) is 2.75. The number of carbonyl (C=O) groups excluding carboxylic acids is 1. The molecule has 8 nitrogen and oxygen atoms in total. The van der Waals surface area contributed by atoms with E-state index >= 15 is 0 Å². The molecule has 2 amide bonds. The summed E-state index contributed by atoms with van der Waals surface area (Å²) in [6.07, 6.45) is -0.285. The summed E-state index contributed by atoms with van der Waals surface area (Å²) in [6, 6.07) is 30.8. The lowest BCUT2D eigenvalue weighted by Gasteiger charge is -2.16. The topological polar surface area (TPSA) is 122 Å². The van der Waals surface area contributed by atoms with Gasteiger partial charge in [0, 0.05) is 17.3 Å². The number of hydrogen-bond donors (Lipinski definition) is 3. The zero-order valence-electron chi connectivity index (χ0n) is 21.0. The van der Waals surface area contributed by atoms with Gasteiger partial charge in [0.1, 0.15) is 12.4 Å². The number of carboxylic acids is 1. The lowest BCUT2D eigenvalue weighted by atomic mass is 9.98. The fourth-order valence-electron chi connectivity index (χ4n) is 4.03. The second-order valence-corrected chi connectivity index (χ2v) is 10.9. The number of para-hydroxylation sites is 1. The normalized spacial score (nSPS) is 11.8. The third-order valence-electron chi connectivity index (χ3n) is 5.92. The molecule has 3 N–H and O–H groups in total. The van der Waals surface area contributed by atoms with Crippen LogP contribution in [0.5, 0.6) is 5.75 Å². The second-order valence-electron chi connectivity index (χ2n) is 8.89. The molecule has 0 aromatic heterocycles. The minimum Gasteiger partial charge on any atom is -0.489 e. The van der Waals surface area contributed by atoms with Crippen molar-refractivity contribution < 1.29 is 27.9 Å². The first-order valence-electron chi connectivity index (χ1n) is 12.2. The van der Waals surface area contributed by atoms with Crippen LogP contribution in [-0.2, 0) is 21.2 Å². The number of ether oxygens (including phenoxy) is 1.